The summed E-state index contributed by atoms with van der Waals surface area (Å²) in [5.74, 6) is -1.91. The quantitative estimate of drug-likeness (QED) is 0.754. The van der Waals surface area contributed by atoms with Crippen molar-refractivity contribution in [3.05, 3.63) is 65.7 Å². The third kappa shape index (κ3) is 6.24. The molecule has 2 aromatic carbocycles. The highest BCUT2D eigenvalue weighted by Crippen LogP contribution is 2.25. The average Bonchev–Trinajstić information content (AvgIpc) is 2.57. The van der Waals surface area contributed by atoms with Gasteiger partial charge in [0.15, 0.2) is 0 Å². The second-order valence-electron chi connectivity index (χ2n) is 7.02. The molecule has 0 heterocycles. The van der Waals surface area contributed by atoms with Crippen molar-refractivity contribution in [1.29, 1.82) is 0 Å². The van der Waals surface area contributed by atoms with Crippen molar-refractivity contribution in [2.24, 2.45) is 0 Å². The summed E-state index contributed by atoms with van der Waals surface area (Å²) < 4.78 is 10.9. The van der Waals surface area contributed by atoms with E-state index in [-0.39, 0.29) is 6.42 Å². The molecule has 0 aliphatic carbocycles. The second-order valence-corrected chi connectivity index (χ2v) is 7.02. The standard InChI is InChI=1S/C21H24O5/c1-21(2,3)26-19(22)13-18(20(23)24)16-9-11-17(12-10-16)25-14-15-7-5-4-6-8-15/h4-12,18H,13-14H2,1-3H3,(H,23,24)/t18-/m0/s1. The average molecular weight is 356 g/mol. The summed E-state index contributed by atoms with van der Waals surface area (Å²) in [6, 6.07) is 16.5. The topological polar surface area (TPSA) is 72.8 Å². The molecule has 5 nitrogen and oxygen atoms in total. The van der Waals surface area contributed by atoms with Crippen LogP contribution in [0.5, 0.6) is 5.75 Å². The second kappa shape index (κ2) is 8.52. The van der Waals surface area contributed by atoms with Crippen molar-refractivity contribution < 1.29 is 24.2 Å². The van der Waals surface area contributed by atoms with E-state index < -0.39 is 23.5 Å². The number of rotatable bonds is 7. The SMILES string of the molecule is CC(C)(C)OC(=O)C[C@H](C(=O)O)c1ccc(OCc2ccccc2)cc1. The first-order valence-electron chi connectivity index (χ1n) is 8.46. The minimum atomic E-state index is -1.06. The number of aliphatic carboxylic acids is 1. The summed E-state index contributed by atoms with van der Waals surface area (Å²) in [6.45, 7) is 5.68. The van der Waals surface area contributed by atoms with Crippen molar-refractivity contribution in [1.82, 2.24) is 0 Å². The van der Waals surface area contributed by atoms with Gasteiger partial charge >= 0.3 is 11.9 Å². The number of benzene rings is 2. The van der Waals surface area contributed by atoms with Crippen LogP contribution >= 0.6 is 0 Å². The molecule has 0 fully saturated rings. The molecule has 1 N–H and O–H groups in total. The summed E-state index contributed by atoms with van der Waals surface area (Å²) in [5, 5.41) is 9.46. The number of hydrogen-bond acceptors (Lipinski definition) is 4. The highest BCUT2D eigenvalue weighted by molar-refractivity contribution is 5.83. The molecule has 5 heteroatoms. The fourth-order valence-electron chi connectivity index (χ4n) is 2.43. The molecule has 0 aliphatic rings. The van der Waals surface area contributed by atoms with Gasteiger partial charge in [0, 0.05) is 0 Å². The number of esters is 1. The van der Waals surface area contributed by atoms with Gasteiger partial charge in [-0.2, -0.15) is 0 Å². The van der Waals surface area contributed by atoms with E-state index in [2.05, 4.69) is 0 Å². The maximum Gasteiger partial charge on any atom is 0.311 e. The first kappa shape index (κ1) is 19.5. The Labute approximate surface area is 153 Å². The van der Waals surface area contributed by atoms with Gasteiger partial charge in [0.1, 0.15) is 18.0 Å². The number of carboxylic acids is 1. The highest BCUT2D eigenvalue weighted by atomic mass is 16.6. The van der Waals surface area contributed by atoms with Crippen LogP contribution in [0.15, 0.2) is 54.6 Å². The number of hydrogen-bond donors (Lipinski definition) is 1. The molecule has 1 atom stereocenters. The van der Waals surface area contributed by atoms with E-state index in [9.17, 15) is 14.7 Å². The highest BCUT2D eigenvalue weighted by Gasteiger charge is 2.26. The summed E-state index contributed by atoms with van der Waals surface area (Å²) in [6.07, 6.45) is -0.211. The van der Waals surface area contributed by atoms with Crippen molar-refractivity contribution in [3.63, 3.8) is 0 Å². The first-order valence-corrected chi connectivity index (χ1v) is 8.46. The molecule has 0 amide bonds. The molecule has 2 rings (SSSR count). The fourth-order valence-corrected chi connectivity index (χ4v) is 2.43. The van der Waals surface area contributed by atoms with Crippen LogP contribution < -0.4 is 4.74 Å². The Morgan fingerprint density at radius 3 is 2.15 bits per heavy atom. The molecular weight excluding hydrogens is 332 g/mol. The third-order valence-electron chi connectivity index (χ3n) is 3.62. The largest absolute Gasteiger partial charge is 0.489 e. The van der Waals surface area contributed by atoms with Crippen LogP contribution in [-0.2, 0) is 20.9 Å². The van der Waals surface area contributed by atoms with Crippen LogP contribution in [0.3, 0.4) is 0 Å². The molecule has 0 unspecified atom stereocenters. The number of ether oxygens (including phenoxy) is 2. The molecule has 26 heavy (non-hydrogen) atoms. The van der Waals surface area contributed by atoms with E-state index in [1.165, 1.54) is 0 Å². The van der Waals surface area contributed by atoms with Crippen LogP contribution in [0.25, 0.3) is 0 Å². The Hall–Kier alpha value is -2.82. The van der Waals surface area contributed by atoms with E-state index in [4.69, 9.17) is 9.47 Å². The van der Waals surface area contributed by atoms with Gasteiger partial charge in [0.25, 0.3) is 0 Å². The van der Waals surface area contributed by atoms with E-state index in [0.29, 0.717) is 17.9 Å². The number of carbonyl (C=O) groups is 2. The normalized spacial score (nSPS) is 12.3. The predicted molar refractivity (Wildman–Crippen MR) is 98.1 cm³/mol. The van der Waals surface area contributed by atoms with Crippen LogP contribution in [0.1, 0.15) is 44.2 Å². The molecule has 138 valence electrons. The summed E-state index contributed by atoms with van der Waals surface area (Å²) in [5.41, 5.74) is 0.940. The minimum absolute atomic E-state index is 0.211. The maximum absolute atomic E-state index is 12.0. The van der Waals surface area contributed by atoms with Gasteiger partial charge in [0.2, 0.25) is 0 Å². The van der Waals surface area contributed by atoms with Gasteiger partial charge in [-0.1, -0.05) is 42.5 Å². The molecule has 0 aliphatic heterocycles. The Kier molecular flexibility index (Phi) is 6.39. The van der Waals surface area contributed by atoms with Crippen LogP contribution in [0.4, 0.5) is 0 Å². The Balaban J connectivity index is 2.01. The van der Waals surface area contributed by atoms with E-state index >= 15 is 0 Å². The minimum Gasteiger partial charge on any atom is -0.489 e. The van der Waals surface area contributed by atoms with Crippen molar-refractivity contribution in [2.45, 2.75) is 45.3 Å². The Morgan fingerprint density at radius 2 is 1.62 bits per heavy atom. The first-order chi connectivity index (χ1) is 12.2. The fraction of sp³-hybridized carbons (Fsp3) is 0.333. The lowest BCUT2D eigenvalue weighted by atomic mass is 9.95. The van der Waals surface area contributed by atoms with Crippen LogP contribution in [0.2, 0.25) is 0 Å². The van der Waals surface area contributed by atoms with E-state index in [1.54, 1.807) is 45.0 Å². The lowest BCUT2D eigenvalue weighted by Crippen LogP contribution is -2.26. The zero-order chi connectivity index (χ0) is 19.2. The molecule has 2 aromatic rings. The Bertz CT molecular complexity index is 729. The smallest absolute Gasteiger partial charge is 0.311 e. The third-order valence-corrected chi connectivity index (χ3v) is 3.62. The maximum atomic E-state index is 12.0. The molecule has 0 radical (unpaired) electrons. The molecule has 0 saturated heterocycles. The molecule has 0 bridgehead atoms. The van der Waals surface area contributed by atoms with Crippen molar-refractivity contribution >= 4 is 11.9 Å². The van der Waals surface area contributed by atoms with Crippen molar-refractivity contribution in [2.75, 3.05) is 0 Å². The lowest BCUT2D eigenvalue weighted by Gasteiger charge is -2.21. The van der Waals surface area contributed by atoms with Gasteiger partial charge in [0.05, 0.1) is 12.3 Å². The van der Waals surface area contributed by atoms with Crippen molar-refractivity contribution in [3.8, 4) is 5.75 Å². The van der Waals surface area contributed by atoms with E-state index in [0.717, 1.165) is 5.56 Å². The van der Waals surface area contributed by atoms with Gasteiger partial charge in [-0.25, -0.2) is 0 Å². The zero-order valence-electron chi connectivity index (χ0n) is 15.3. The molecular formula is C21H24O5. The molecule has 0 aromatic heterocycles. The van der Waals surface area contributed by atoms with Crippen LogP contribution in [-0.4, -0.2) is 22.6 Å². The summed E-state index contributed by atoms with van der Waals surface area (Å²) in [7, 11) is 0. The van der Waals surface area contributed by atoms with Gasteiger partial charge in [-0.15, -0.1) is 0 Å². The zero-order valence-corrected chi connectivity index (χ0v) is 15.3. The summed E-state index contributed by atoms with van der Waals surface area (Å²) in [4.78, 5) is 23.5. The van der Waals surface area contributed by atoms with Gasteiger partial charge < -0.3 is 14.6 Å². The Morgan fingerprint density at radius 1 is 1.00 bits per heavy atom. The predicted octanol–water partition coefficient (Wildman–Crippen LogP) is 4.17. The molecule has 0 spiro atoms. The monoisotopic (exact) mass is 356 g/mol. The number of carbonyl (C=O) groups excluding carboxylic acids is 1. The number of carboxylic acid groups (broad SMARTS) is 1. The lowest BCUT2D eigenvalue weighted by molar-refractivity contribution is -0.158. The molecule has 0 saturated carbocycles. The van der Waals surface area contributed by atoms with Crippen LogP contribution in [0, 0.1) is 0 Å². The summed E-state index contributed by atoms with van der Waals surface area (Å²) >= 11 is 0. The van der Waals surface area contributed by atoms with Gasteiger partial charge in [-0.05, 0) is 44.0 Å². The van der Waals surface area contributed by atoms with Gasteiger partial charge in [-0.3, -0.25) is 9.59 Å². The van der Waals surface area contributed by atoms with E-state index in [1.807, 2.05) is 30.3 Å².